The summed E-state index contributed by atoms with van der Waals surface area (Å²) in [4.78, 5) is 3.70. The van der Waals surface area contributed by atoms with Crippen LogP contribution in [0.3, 0.4) is 0 Å². The molecule has 0 aliphatic carbocycles. The maximum absolute atomic E-state index is 11.4. The van der Waals surface area contributed by atoms with Crippen LogP contribution >= 0.6 is 11.6 Å². The van der Waals surface area contributed by atoms with Gasteiger partial charge < -0.3 is 0 Å². The Bertz CT molecular complexity index is 478. The SMILES string of the molecule is CC(C#N)S(=O)(=O)Nc1ccc(Cl)nc1. The molecule has 1 aromatic heterocycles. The van der Waals surface area contributed by atoms with E-state index in [0.29, 0.717) is 0 Å². The van der Waals surface area contributed by atoms with Crippen LogP contribution < -0.4 is 4.72 Å². The fraction of sp³-hybridized carbons (Fsp3) is 0.250. The number of halogens is 1. The number of nitrogens with zero attached hydrogens (tertiary/aromatic N) is 2. The number of sulfonamides is 1. The first-order valence-corrected chi connectivity index (χ1v) is 5.91. The Labute approximate surface area is 92.8 Å². The highest BCUT2D eigenvalue weighted by molar-refractivity contribution is 7.93. The Morgan fingerprint density at radius 2 is 2.27 bits per heavy atom. The summed E-state index contributed by atoms with van der Waals surface area (Å²) in [7, 11) is -3.67. The Hall–Kier alpha value is -1.32. The topological polar surface area (TPSA) is 82.8 Å². The van der Waals surface area contributed by atoms with Crippen molar-refractivity contribution >= 4 is 27.3 Å². The van der Waals surface area contributed by atoms with Gasteiger partial charge in [0.2, 0.25) is 10.0 Å². The van der Waals surface area contributed by atoms with Crippen LogP contribution in [0.5, 0.6) is 0 Å². The lowest BCUT2D eigenvalue weighted by molar-refractivity contribution is 0.597. The molecule has 1 heterocycles. The number of nitriles is 1. The molecule has 0 radical (unpaired) electrons. The molecule has 0 aliphatic heterocycles. The highest BCUT2D eigenvalue weighted by Gasteiger charge is 2.19. The summed E-state index contributed by atoms with van der Waals surface area (Å²) in [5.41, 5.74) is 0.279. The highest BCUT2D eigenvalue weighted by atomic mass is 35.5. The van der Waals surface area contributed by atoms with Gasteiger partial charge in [-0.1, -0.05) is 11.6 Å². The smallest absolute Gasteiger partial charge is 0.248 e. The molecule has 0 saturated carbocycles. The largest absolute Gasteiger partial charge is 0.281 e. The second-order valence-electron chi connectivity index (χ2n) is 2.79. The van der Waals surface area contributed by atoms with Gasteiger partial charge in [0.1, 0.15) is 5.15 Å². The number of hydrogen-bond acceptors (Lipinski definition) is 4. The Morgan fingerprint density at radius 3 is 2.73 bits per heavy atom. The highest BCUT2D eigenvalue weighted by Crippen LogP contribution is 2.12. The molecule has 0 fully saturated rings. The summed E-state index contributed by atoms with van der Waals surface area (Å²) in [6.45, 7) is 1.30. The van der Waals surface area contributed by atoms with Gasteiger partial charge in [-0.2, -0.15) is 5.26 Å². The quantitative estimate of drug-likeness (QED) is 0.816. The molecule has 5 nitrogen and oxygen atoms in total. The van der Waals surface area contributed by atoms with Crippen LogP contribution in [0.2, 0.25) is 5.15 Å². The van der Waals surface area contributed by atoms with E-state index in [1.54, 1.807) is 6.07 Å². The maximum Gasteiger partial charge on any atom is 0.248 e. The van der Waals surface area contributed by atoms with E-state index < -0.39 is 15.3 Å². The van der Waals surface area contributed by atoms with E-state index in [1.165, 1.54) is 25.3 Å². The Kier molecular flexibility index (Phi) is 3.50. The number of rotatable bonds is 3. The number of aromatic nitrogens is 1. The third-order valence-electron chi connectivity index (χ3n) is 1.63. The van der Waals surface area contributed by atoms with Crippen molar-refractivity contribution < 1.29 is 8.42 Å². The third-order valence-corrected chi connectivity index (χ3v) is 3.41. The molecule has 15 heavy (non-hydrogen) atoms. The van der Waals surface area contributed by atoms with E-state index in [9.17, 15) is 8.42 Å². The van der Waals surface area contributed by atoms with Crippen LogP contribution in [0.1, 0.15) is 6.92 Å². The first-order valence-electron chi connectivity index (χ1n) is 3.98. The van der Waals surface area contributed by atoms with Gasteiger partial charge in [-0.3, -0.25) is 4.72 Å². The van der Waals surface area contributed by atoms with Crippen LogP contribution in [-0.4, -0.2) is 18.7 Å². The van der Waals surface area contributed by atoms with Gasteiger partial charge in [0.05, 0.1) is 18.0 Å². The minimum absolute atomic E-state index is 0.270. The molecular formula is C8H8ClN3O2S. The summed E-state index contributed by atoms with van der Waals surface area (Å²) in [5.74, 6) is 0. The predicted molar refractivity (Wildman–Crippen MR) is 56.9 cm³/mol. The molecule has 80 valence electrons. The summed E-state index contributed by atoms with van der Waals surface area (Å²) in [5, 5.41) is 7.64. The van der Waals surface area contributed by atoms with Crippen molar-refractivity contribution in [3.05, 3.63) is 23.5 Å². The molecule has 1 aromatic rings. The van der Waals surface area contributed by atoms with Gasteiger partial charge in [-0.05, 0) is 19.1 Å². The van der Waals surface area contributed by atoms with Crippen molar-refractivity contribution in [3.63, 3.8) is 0 Å². The molecule has 0 amide bonds. The Balaban J connectivity index is 2.88. The second-order valence-corrected chi connectivity index (χ2v) is 5.18. The first kappa shape index (κ1) is 11.8. The van der Waals surface area contributed by atoms with Crippen molar-refractivity contribution in [1.29, 1.82) is 5.26 Å². The van der Waals surface area contributed by atoms with Crippen LogP contribution in [-0.2, 0) is 10.0 Å². The van der Waals surface area contributed by atoms with Gasteiger partial charge in [0, 0.05) is 0 Å². The van der Waals surface area contributed by atoms with Crippen molar-refractivity contribution in [1.82, 2.24) is 4.98 Å². The zero-order chi connectivity index (χ0) is 11.5. The average molecular weight is 246 g/mol. The van der Waals surface area contributed by atoms with Crippen molar-refractivity contribution in [2.24, 2.45) is 0 Å². The molecule has 7 heteroatoms. The van der Waals surface area contributed by atoms with Gasteiger partial charge in [0.25, 0.3) is 0 Å². The first-order chi connectivity index (χ1) is 6.95. The van der Waals surface area contributed by atoms with E-state index >= 15 is 0 Å². The molecule has 0 bridgehead atoms. The zero-order valence-corrected chi connectivity index (χ0v) is 9.38. The van der Waals surface area contributed by atoms with Gasteiger partial charge in [0.15, 0.2) is 5.25 Å². The van der Waals surface area contributed by atoms with Crippen LogP contribution in [0.25, 0.3) is 0 Å². The fourth-order valence-corrected chi connectivity index (χ4v) is 1.63. The molecule has 0 spiro atoms. The zero-order valence-electron chi connectivity index (χ0n) is 7.81. The van der Waals surface area contributed by atoms with Crippen LogP contribution in [0.15, 0.2) is 18.3 Å². The van der Waals surface area contributed by atoms with E-state index in [0.717, 1.165) is 0 Å². The normalized spacial score (nSPS) is 12.9. The van der Waals surface area contributed by atoms with E-state index in [2.05, 4.69) is 9.71 Å². The average Bonchev–Trinajstić information content (AvgIpc) is 2.20. The molecule has 1 rings (SSSR count). The summed E-state index contributed by atoms with van der Waals surface area (Å²) in [6, 6.07) is 4.56. The molecule has 1 atom stereocenters. The van der Waals surface area contributed by atoms with E-state index in [-0.39, 0.29) is 10.8 Å². The molecule has 0 saturated heterocycles. The molecule has 1 N–H and O–H groups in total. The molecule has 0 aromatic carbocycles. The second kappa shape index (κ2) is 4.47. The lowest BCUT2D eigenvalue weighted by Gasteiger charge is -2.08. The summed E-state index contributed by atoms with van der Waals surface area (Å²) in [6.07, 6.45) is 1.28. The van der Waals surface area contributed by atoms with Crippen molar-refractivity contribution in [2.75, 3.05) is 4.72 Å². The third kappa shape index (κ3) is 3.08. The lowest BCUT2D eigenvalue weighted by atomic mass is 10.4. The van der Waals surface area contributed by atoms with E-state index in [4.69, 9.17) is 16.9 Å². The van der Waals surface area contributed by atoms with Gasteiger partial charge in [-0.15, -0.1) is 0 Å². The van der Waals surface area contributed by atoms with Crippen molar-refractivity contribution in [2.45, 2.75) is 12.2 Å². The van der Waals surface area contributed by atoms with Crippen LogP contribution in [0, 0.1) is 11.3 Å². The standard InChI is InChI=1S/C8H8ClN3O2S/c1-6(4-10)15(13,14)12-7-2-3-8(9)11-5-7/h2-3,5-6,12H,1H3. The lowest BCUT2D eigenvalue weighted by Crippen LogP contribution is -2.23. The molecule has 0 aliphatic rings. The summed E-state index contributed by atoms with van der Waals surface area (Å²) >= 11 is 5.53. The number of hydrogen-bond donors (Lipinski definition) is 1. The minimum Gasteiger partial charge on any atom is -0.281 e. The van der Waals surface area contributed by atoms with Crippen molar-refractivity contribution in [3.8, 4) is 6.07 Å². The number of nitrogens with one attached hydrogen (secondary N) is 1. The Morgan fingerprint density at radius 1 is 1.60 bits per heavy atom. The maximum atomic E-state index is 11.4. The predicted octanol–water partition coefficient (Wildman–Crippen LogP) is 1.39. The summed E-state index contributed by atoms with van der Waals surface area (Å²) < 4.78 is 25.1. The van der Waals surface area contributed by atoms with Gasteiger partial charge in [-0.25, -0.2) is 13.4 Å². The molecular weight excluding hydrogens is 238 g/mol. The number of pyridine rings is 1. The molecule has 1 unspecified atom stereocenters. The fourth-order valence-electron chi connectivity index (χ4n) is 0.758. The number of anilines is 1. The van der Waals surface area contributed by atoms with Crippen LogP contribution in [0.4, 0.5) is 5.69 Å². The monoisotopic (exact) mass is 245 g/mol. The minimum atomic E-state index is -3.67. The van der Waals surface area contributed by atoms with E-state index in [1.807, 2.05) is 0 Å². The van der Waals surface area contributed by atoms with Gasteiger partial charge >= 0.3 is 0 Å².